The van der Waals surface area contributed by atoms with Gasteiger partial charge < -0.3 is 14.2 Å². The molecule has 0 bridgehead atoms. The van der Waals surface area contributed by atoms with Crippen LogP contribution < -0.4 is 9.47 Å². The van der Waals surface area contributed by atoms with Crippen LogP contribution in [-0.2, 0) is 4.74 Å². The molecule has 0 saturated heterocycles. The lowest BCUT2D eigenvalue weighted by Gasteiger charge is -2.13. The first-order valence-electron chi connectivity index (χ1n) is 5.51. The number of aldehydes is 1. The Labute approximate surface area is 101 Å². The van der Waals surface area contributed by atoms with E-state index < -0.39 is 0 Å². The molecule has 0 heterocycles. The van der Waals surface area contributed by atoms with Crippen molar-refractivity contribution in [1.29, 1.82) is 0 Å². The average Bonchev–Trinajstić information content (AvgIpc) is 2.34. The van der Waals surface area contributed by atoms with E-state index in [4.69, 9.17) is 14.2 Å². The lowest BCUT2D eigenvalue weighted by Crippen LogP contribution is -2.07. The summed E-state index contributed by atoms with van der Waals surface area (Å²) >= 11 is 0. The van der Waals surface area contributed by atoms with Crippen LogP contribution in [0.15, 0.2) is 18.2 Å². The number of ether oxygens (including phenoxy) is 3. The predicted octanol–water partition coefficient (Wildman–Crippen LogP) is 2.52. The number of hydrogen-bond donors (Lipinski definition) is 0. The van der Waals surface area contributed by atoms with Crippen LogP contribution in [0.3, 0.4) is 0 Å². The summed E-state index contributed by atoms with van der Waals surface area (Å²) in [6.07, 6.45) is 0.780. The predicted molar refractivity (Wildman–Crippen MR) is 64.7 cm³/mol. The maximum Gasteiger partial charge on any atom is 0.188 e. The van der Waals surface area contributed by atoms with Gasteiger partial charge in [0.1, 0.15) is 6.29 Å². The van der Waals surface area contributed by atoms with Gasteiger partial charge in [-0.1, -0.05) is 13.8 Å². The molecule has 0 aliphatic rings. The van der Waals surface area contributed by atoms with Gasteiger partial charge in [0.2, 0.25) is 0 Å². The molecule has 4 heteroatoms. The largest absolute Gasteiger partial charge is 0.489 e. The molecule has 0 aromatic heterocycles. The molecule has 0 unspecified atom stereocenters. The summed E-state index contributed by atoms with van der Waals surface area (Å²) in [6.45, 7) is 4.84. The van der Waals surface area contributed by atoms with Crippen LogP contribution in [0.2, 0.25) is 0 Å². The van der Waals surface area contributed by atoms with Gasteiger partial charge in [-0.2, -0.15) is 0 Å². The number of rotatable bonds is 7. The Morgan fingerprint density at radius 3 is 2.59 bits per heavy atom. The van der Waals surface area contributed by atoms with E-state index in [0.717, 1.165) is 6.29 Å². The zero-order valence-corrected chi connectivity index (χ0v) is 10.4. The Bertz CT molecular complexity index is 360. The molecule has 0 amide bonds. The van der Waals surface area contributed by atoms with Crippen LogP contribution in [0.5, 0.6) is 11.5 Å². The third-order valence-electron chi connectivity index (χ3n) is 2.01. The molecule has 0 saturated carbocycles. The number of carbonyl (C=O) groups excluding carboxylic acids is 1. The lowest BCUT2D eigenvalue weighted by molar-refractivity contribution is 0.0483. The van der Waals surface area contributed by atoms with Gasteiger partial charge in [0.25, 0.3) is 0 Å². The fourth-order valence-corrected chi connectivity index (χ4v) is 1.21. The van der Waals surface area contributed by atoms with Crippen LogP contribution in [0.1, 0.15) is 24.2 Å². The zero-order chi connectivity index (χ0) is 12.7. The second-order valence-electron chi connectivity index (χ2n) is 4.08. The van der Waals surface area contributed by atoms with Crippen LogP contribution in [0.25, 0.3) is 0 Å². The highest BCUT2D eigenvalue weighted by Crippen LogP contribution is 2.28. The normalized spacial score (nSPS) is 10.4. The van der Waals surface area contributed by atoms with Crippen molar-refractivity contribution in [2.24, 2.45) is 5.92 Å². The van der Waals surface area contributed by atoms with Crippen molar-refractivity contribution in [3.63, 3.8) is 0 Å². The molecule has 17 heavy (non-hydrogen) atoms. The van der Waals surface area contributed by atoms with Crippen LogP contribution >= 0.6 is 0 Å². The first-order chi connectivity index (χ1) is 8.17. The SMILES string of the molecule is COCOc1ccc(C=O)cc1OCC(C)C. The highest BCUT2D eigenvalue weighted by Gasteiger charge is 2.07. The zero-order valence-electron chi connectivity index (χ0n) is 10.4. The van der Waals surface area contributed by atoms with E-state index in [2.05, 4.69) is 13.8 Å². The summed E-state index contributed by atoms with van der Waals surface area (Å²) in [5.41, 5.74) is 0.563. The fourth-order valence-electron chi connectivity index (χ4n) is 1.21. The molecular weight excluding hydrogens is 220 g/mol. The minimum Gasteiger partial charge on any atom is -0.489 e. The van der Waals surface area contributed by atoms with Crippen LogP contribution in [0, 0.1) is 5.92 Å². The van der Waals surface area contributed by atoms with E-state index in [-0.39, 0.29) is 6.79 Å². The van der Waals surface area contributed by atoms with Gasteiger partial charge in [-0.05, 0) is 24.1 Å². The third-order valence-corrected chi connectivity index (χ3v) is 2.01. The monoisotopic (exact) mass is 238 g/mol. The molecule has 1 aromatic carbocycles. The van der Waals surface area contributed by atoms with Gasteiger partial charge in [-0.3, -0.25) is 4.79 Å². The first kappa shape index (κ1) is 13.5. The van der Waals surface area contributed by atoms with E-state index in [1.807, 2.05) is 0 Å². The number of methoxy groups -OCH3 is 1. The first-order valence-corrected chi connectivity index (χ1v) is 5.51. The minimum absolute atomic E-state index is 0.151. The van der Waals surface area contributed by atoms with E-state index in [0.29, 0.717) is 29.6 Å². The minimum atomic E-state index is 0.151. The van der Waals surface area contributed by atoms with Crippen molar-refractivity contribution in [1.82, 2.24) is 0 Å². The summed E-state index contributed by atoms with van der Waals surface area (Å²) in [7, 11) is 1.55. The maximum absolute atomic E-state index is 10.7. The van der Waals surface area contributed by atoms with E-state index in [9.17, 15) is 4.79 Å². The molecule has 4 nitrogen and oxygen atoms in total. The van der Waals surface area contributed by atoms with Crippen molar-refractivity contribution in [3.8, 4) is 11.5 Å². The molecule has 1 aromatic rings. The molecule has 94 valence electrons. The molecule has 1 rings (SSSR count). The molecular formula is C13H18O4. The molecule has 0 radical (unpaired) electrons. The summed E-state index contributed by atoms with van der Waals surface area (Å²) in [4.78, 5) is 10.7. The van der Waals surface area contributed by atoms with E-state index in [1.54, 1.807) is 25.3 Å². The van der Waals surface area contributed by atoms with E-state index >= 15 is 0 Å². The van der Waals surface area contributed by atoms with Gasteiger partial charge in [0, 0.05) is 12.7 Å². The highest BCUT2D eigenvalue weighted by molar-refractivity contribution is 5.76. The van der Waals surface area contributed by atoms with Crippen molar-refractivity contribution in [2.45, 2.75) is 13.8 Å². The second kappa shape index (κ2) is 6.91. The van der Waals surface area contributed by atoms with Crippen molar-refractivity contribution in [2.75, 3.05) is 20.5 Å². The summed E-state index contributed by atoms with van der Waals surface area (Å²) in [5, 5.41) is 0. The smallest absolute Gasteiger partial charge is 0.188 e. The molecule has 0 atom stereocenters. The Morgan fingerprint density at radius 2 is 2.00 bits per heavy atom. The third kappa shape index (κ3) is 4.44. The summed E-state index contributed by atoms with van der Waals surface area (Å²) < 4.78 is 15.8. The number of hydrogen-bond acceptors (Lipinski definition) is 4. The average molecular weight is 238 g/mol. The Kier molecular flexibility index (Phi) is 5.49. The highest BCUT2D eigenvalue weighted by atomic mass is 16.7. The Balaban J connectivity index is 2.82. The molecule has 0 aliphatic heterocycles. The summed E-state index contributed by atoms with van der Waals surface area (Å²) in [6, 6.07) is 5.05. The number of carbonyl (C=O) groups is 1. The molecule has 0 spiro atoms. The topological polar surface area (TPSA) is 44.8 Å². The van der Waals surface area contributed by atoms with Gasteiger partial charge in [-0.25, -0.2) is 0 Å². The van der Waals surface area contributed by atoms with Gasteiger partial charge >= 0.3 is 0 Å². The maximum atomic E-state index is 10.7. The van der Waals surface area contributed by atoms with Crippen molar-refractivity contribution < 1.29 is 19.0 Å². The lowest BCUT2D eigenvalue weighted by atomic mass is 10.2. The molecule has 0 fully saturated rings. The van der Waals surface area contributed by atoms with Crippen molar-refractivity contribution in [3.05, 3.63) is 23.8 Å². The summed E-state index contributed by atoms with van der Waals surface area (Å²) in [5.74, 6) is 1.56. The van der Waals surface area contributed by atoms with Gasteiger partial charge in [0.15, 0.2) is 18.3 Å². The van der Waals surface area contributed by atoms with Gasteiger partial charge in [-0.15, -0.1) is 0 Å². The fraction of sp³-hybridized carbons (Fsp3) is 0.462. The number of benzene rings is 1. The van der Waals surface area contributed by atoms with E-state index in [1.165, 1.54) is 0 Å². The Morgan fingerprint density at radius 1 is 1.24 bits per heavy atom. The molecule has 0 aliphatic carbocycles. The Hall–Kier alpha value is -1.55. The standard InChI is InChI=1S/C13H18O4/c1-10(2)8-16-13-6-11(7-14)4-5-12(13)17-9-15-3/h4-7,10H,8-9H2,1-3H3. The molecule has 0 N–H and O–H groups in total. The second-order valence-corrected chi connectivity index (χ2v) is 4.08. The van der Waals surface area contributed by atoms with Crippen LogP contribution in [-0.4, -0.2) is 26.8 Å². The van der Waals surface area contributed by atoms with Crippen LogP contribution in [0.4, 0.5) is 0 Å². The van der Waals surface area contributed by atoms with Gasteiger partial charge in [0.05, 0.1) is 6.61 Å². The van der Waals surface area contributed by atoms with Crippen molar-refractivity contribution >= 4 is 6.29 Å². The quantitative estimate of drug-likeness (QED) is 0.541.